The minimum Gasteiger partial charge on any atom is -0.376 e. The Hall–Kier alpha value is -2.71. The third-order valence-corrected chi connectivity index (χ3v) is 5.81. The number of piperazine rings is 1. The second kappa shape index (κ2) is 9.62. The SMILES string of the molecule is O=C(NCC1CCCO1)c1cccnc1N1CCN(C(=O)c2ccc(Cl)cc2F)CC1. The minimum atomic E-state index is -0.630. The van der Waals surface area contributed by atoms with Gasteiger partial charge in [0.1, 0.15) is 11.6 Å². The summed E-state index contributed by atoms with van der Waals surface area (Å²) in [7, 11) is 0. The maximum atomic E-state index is 14.1. The van der Waals surface area contributed by atoms with Gasteiger partial charge in [-0.1, -0.05) is 11.6 Å². The second-order valence-corrected chi connectivity index (χ2v) is 8.06. The molecular formula is C22H24ClFN4O3. The number of rotatable bonds is 5. The Bertz CT molecular complexity index is 960. The quantitative estimate of drug-likeness (QED) is 0.764. The summed E-state index contributed by atoms with van der Waals surface area (Å²) >= 11 is 5.78. The number of ether oxygens (including phenoxy) is 1. The van der Waals surface area contributed by atoms with E-state index in [-0.39, 0.29) is 28.5 Å². The first-order chi connectivity index (χ1) is 15.0. The standard InChI is InChI=1S/C22H24ClFN4O3/c23-15-5-6-17(19(24)13-15)22(30)28-10-8-27(9-11-28)20-18(4-1-7-25-20)21(29)26-14-16-3-2-12-31-16/h1,4-7,13,16H,2-3,8-12,14H2,(H,26,29). The number of amides is 2. The number of anilines is 1. The van der Waals surface area contributed by atoms with Crippen LogP contribution >= 0.6 is 11.6 Å². The van der Waals surface area contributed by atoms with E-state index in [1.54, 1.807) is 23.2 Å². The van der Waals surface area contributed by atoms with Gasteiger partial charge in [0.05, 0.1) is 17.2 Å². The van der Waals surface area contributed by atoms with Crippen molar-refractivity contribution in [3.05, 3.63) is 58.5 Å². The molecular weight excluding hydrogens is 423 g/mol. The summed E-state index contributed by atoms with van der Waals surface area (Å²) in [6.45, 7) is 2.99. The number of nitrogens with one attached hydrogen (secondary N) is 1. The third kappa shape index (κ3) is 4.97. The molecule has 2 saturated heterocycles. The molecule has 2 amide bonds. The number of carbonyl (C=O) groups is 2. The van der Waals surface area contributed by atoms with Crippen molar-refractivity contribution in [3.8, 4) is 0 Å². The van der Waals surface area contributed by atoms with Crippen molar-refractivity contribution in [2.45, 2.75) is 18.9 Å². The fourth-order valence-corrected chi connectivity index (χ4v) is 4.05. The molecule has 1 aromatic carbocycles. The summed E-state index contributed by atoms with van der Waals surface area (Å²) in [5, 5.41) is 3.18. The molecule has 0 aliphatic carbocycles. The smallest absolute Gasteiger partial charge is 0.256 e. The fraction of sp³-hybridized carbons (Fsp3) is 0.409. The summed E-state index contributed by atoms with van der Waals surface area (Å²) in [5.41, 5.74) is 0.494. The van der Waals surface area contributed by atoms with E-state index in [1.807, 2.05) is 4.90 Å². The van der Waals surface area contributed by atoms with Gasteiger partial charge < -0.3 is 19.9 Å². The molecule has 1 N–H and O–H groups in total. The molecule has 2 fully saturated rings. The van der Waals surface area contributed by atoms with Gasteiger partial charge in [-0.15, -0.1) is 0 Å². The summed E-state index contributed by atoms with van der Waals surface area (Å²) in [6, 6.07) is 7.52. The number of pyridine rings is 1. The van der Waals surface area contributed by atoms with Crippen LogP contribution in [0.5, 0.6) is 0 Å². The Morgan fingerprint density at radius 3 is 2.71 bits per heavy atom. The average molecular weight is 447 g/mol. The number of halogens is 2. The first-order valence-corrected chi connectivity index (χ1v) is 10.7. The molecule has 0 bridgehead atoms. The molecule has 9 heteroatoms. The van der Waals surface area contributed by atoms with Gasteiger partial charge in [-0.25, -0.2) is 9.37 Å². The molecule has 2 aromatic rings. The van der Waals surface area contributed by atoms with Crippen molar-refractivity contribution in [2.75, 3.05) is 44.2 Å². The molecule has 4 rings (SSSR count). The number of aromatic nitrogens is 1. The zero-order chi connectivity index (χ0) is 21.8. The molecule has 7 nitrogen and oxygen atoms in total. The topological polar surface area (TPSA) is 74.8 Å². The second-order valence-electron chi connectivity index (χ2n) is 7.62. The van der Waals surface area contributed by atoms with Crippen LogP contribution in [0.2, 0.25) is 5.02 Å². The molecule has 3 heterocycles. The highest BCUT2D eigenvalue weighted by Crippen LogP contribution is 2.21. The van der Waals surface area contributed by atoms with Crippen LogP contribution < -0.4 is 10.2 Å². The van der Waals surface area contributed by atoms with E-state index in [1.165, 1.54) is 12.1 Å². The lowest BCUT2D eigenvalue weighted by atomic mass is 10.1. The molecule has 0 radical (unpaired) electrons. The van der Waals surface area contributed by atoms with Crippen LogP contribution in [0.1, 0.15) is 33.6 Å². The molecule has 1 atom stereocenters. The van der Waals surface area contributed by atoms with Crippen molar-refractivity contribution >= 4 is 29.2 Å². The Kier molecular flexibility index (Phi) is 6.67. The third-order valence-electron chi connectivity index (χ3n) is 5.57. The predicted molar refractivity (Wildman–Crippen MR) is 115 cm³/mol. The van der Waals surface area contributed by atoms with Crippen LogP contribution in [0.3, 0.4) is 0 Å². The zero-order valence-corrected chi connectivity index (χ0v) is 17.8. The molecule has 1 aromatic heterocycles. The fourth-order valence-electron chi connectivity index (χ4n) is 3.89. The van der Waals surface area contributed by atoms with Crippen molar-refractivity contribution in [1.29, 1.82) is 0 Å². The van der Waals surface area contributed by atoms with Crippen LogP contribution in [0.15, 0.2) is 36.5 Å². The van der Waals surface area contributed by atoms with Gasteiger partial charge in [-0.05, 0) is 43.2 Å². The van der Waals surface area contributed by atoms with Crippen LogP contribution in [-0.4, -0.2) is 67.1 Å². The number of nitrogens with zero attached hydrogens (tertiary/aromatic N) is 3. The molecule has 1 unspecified atom stereocenters. The van der Waals surface area contributed by atoms with E-state index < -0.39 is 5.82 Å². The molecule has 2 aliphatic heterocycles. The monoisotopic (exact) mass is 446 g/mol. The number of benzene rings is 1. The summed E-state index contributed by atoms with van der Waals surface area (Å²) in [5.74, 6) is -0.614. The molecule has 2 aliphatic rings. The number of hydrogen-bond acceptors (Lipinski definition) is 5. The van der Waals surface area contributed by atoms with E-state index in [0.717, 1.165) is 25.5 Å². The largest absolute Gasteiger partial charge is 0.376 e. The summed E-state index contributed by atoms with van der Waals surface area (Å²) in [4.78, 5) is 33.4. The van der Waals surface area contributed by atoms with Crippen LogP contribution in [0.25, 0.3) is 0 Å². The van der Waals surface area contributed by atoms with E-state index >= 15 is 0 Å². The van der Waals surface area contributed by atoms with Gasteiger partial charge >= 0.3 is 0 Å². The first kappa shape index (κ1) is 21.5. The Morgan fingerprint density at radius 2 is 2.00 bits per heavy atom. The predicted octanol–water partition coefficient (Wildman–Crippen LogP) is 2.75. The zero-order valence-electron chi connectivity index (χ0n) is 17.0. The lowest BCUT2D eigenvalue weighted by Crippen LogP contribution is -2.49. The Balaban J connectivity index is 1.39. The van der Waals surface area contributed by atoms with Crippen molar-refractivity contribution < 1.29 is 18.7 Å². The van der Waals surface area contributed by atoms with Crippen molar-refractivity contribution in [3.63, 3.8) is 0 Å². The van der Waals surface area contributed by atoms with E-state index in [0.29, 0.717) is 44.1 Å². The lowest BCUT2D eigenvalue weighted by molar-refractivity contribution is 0.0740. The molecule has 31 heavy (non-hydrogen) atoms. The number of hydrogen-bond donors (Lipinski definition) is 1. The van der Waals surface area contributed by atoms with Gasteiger partial charge in [0, 0.05) is 50.6 Å². The van der Waals surface area contributed by atoms with Crippen LogP contribution in [0.4, 0.5) is 10.2 Å². The van der Waals surface area contributed by atoms with Crippen LogP contribution in [0, 0.1) is 5.82 Å². The van der Waals surface area contributed by atoms with Crippen LogP contribution in [-0.2, 0) is 4.74 Å². The minimum absolute atomic E-state index is 0.00452. The van der Waals surface area contributed by atoms with Gasteiger partial charge in [0.25, 0.3) is 11.8 Å². The van der Waals surface area contributed by atoms with Crippen molar-refractivity contribution in [2.24, 2.45) is 0 Å². The van der Waals surface area contributed by atoms with Gasteiger partial charge in [0.2, 0.25) is 0 Å². The first-order valence-electron chi connectivity index (χ1n) is 10.4. The summed E-state index contributed by atoms with van der Waals surface area (Å²) < 4.78 is 19.7. The average Bonchev–Trinajstić information content (AvgIpc) is 3.31. The highest BCUT2D eigenvalue weighted by molar-refractivity contribution is 6.30. The molecule has 0 spiro atoms. The highest BCUT2D eigenvalue weighted by Gasteiger charge is 2.27. The number of carbonyl (C=O) groups excluding carboxylic acids is 2. The highest BCUT2D eigenvalue weighted by atomic mass is 35.5. The van der Waals surface area contributed by atoms with Gasteiger partial charge in [-0.3, -0.25) is 9.59 Å². The van der Waals surface area contributed by atoms with Gasteiger partial charge in [-0.2, -0.15) is 0 Å². The van der Waals surface area contributed by atoms with E-state index in [4.69, 9.17) is 16.3 Å². The maximum absolute atomic E-state index is 14.1. The van der Waals surface area contributed by atoms with E-state index in [9.17, 15) is 14.0 Å². The van der Waals surface area contributed by atoms with E-state index in [2.05, 4.69) is 10.3 Å². The Labute approximate surface area is 185 Å². The van der Waals surface area contributed by atoms with Crippen molar-refractivity contribution in [1.82, 2.24) is 15.2 Å². The Morgan fingerprint density at radius 1 is 1.19 bits per heavy atom. The molecule has 164 valence electrons. The maximum Gasteiger partial charge on any atom is 0.256 e. The van der Waals surface area contributed by atoms with Gasteiger partial charge in [0.15, 0.2) is 0 Å². The molecule has 0 saturated carbocycles. The lowest BCUT2D eigenvalue weighted by Gasteiger charge is -2.36. The summed E-state index contributed by atoms with van der Waals surface area (Å²) in [6.07, 6.45) is 3.67. The normalized spacial score (nSPS) is 18.8.